The molecule has 2 aromatic heterocycles. The zero-order valence-corrected chi connectivity index (χ0v) is 16.8. The zero-order valence-electron chi connectivity index (χ0n) is 16.8. The number of rotatable bonds is 4. The van der Waals surface area contributed by atoms with Crippen LogP contribution in [0.5, 0.6) is 0 Å². The van der Waals surface area contributed by atoms with Crippen LogP contribution in [0.4, 0.5) is 8.78 Å². The van der Waals surface area contributed by atoms with Gasteiger partial charge in [0.05, 0.1) is 0 Å². The minimum absolute atomic E-state index is 0.0764. The maximum Gasteiger partial charge on any atom is 0.164 e. The number of benzene rings is 3. The van der Waals surface area contributed by atoms with Crippen molar-refractivity contribution in [1.29, 1.82) is 0 Å². The normalized spacial score (nSPS) is 10.8. The number of pyridine rings is 1. The number of hydrogen-bond acceptors (Lipinski definition) is 4. The Hall–Kier alpha value is -4.32. The first-order chi connectivity index (χ1) is 15.7. The molecule has 0 bridgehead atoms. The molecule has 32 heavy (non-hydrogen) atoms. The van der Waals surface area contributed by atoms with Gasteiger partial charge in [-0.3, -0.25) is 4.98 Å². The Balaban J connectivity index is 1.70. The quantitative estimate of drug-likeness (QED) is 0.345. The van der Waals surface area contributed by atoms with Gasteiger partial charge in [-0.15, -0.1) is 0 Å². The molecule has 0 aliphatic heterocycles. The highest BCUT2D eigenvalue weighted by Gasteiger charge is 2.16. The summed E-state index contributed by atoms with van der Waals surface area (Å²) in [6.45, 7) is 0. The summed E-state index contributed by atoms with van der Waals surface area (Å²) in [7, 11) is 0. The molecule has 0 saturated carbocycles. The van der Waals surface area contributed by atoms with E-state index >= 15 is 0 Å². The van der Waals surface area contributed by atoms with Crippen molar-refractivity contribution in [3.8, 4) is 45.3 Å². The third-order valence-corrected chi connectivity index (χ3v) is 4.98. The van der Waals surface area contributed by atoms with E-state index in [1.807, 2.05) is 60.7 Å². The van der Waals surface area contributed by atoms with Crippen molar-refractivity contribution in [1.82, 2.24) is 19.9 Å². The first-order valence-corrected chi connectivity index (χ1v) is 9.96. The van der Waals surface area contributed by atoms with E-state index in [0.29, 0.717) is 23.0 Å². The van der Waals surface area contributed by atoms with E-state index in [9.17, 15) is 8.78 Å². The van der Waals surface area contributed by atoms with Gasteiger partial charge in [-0.05, 0) is 24.3 Å². The fourth-order valence-electron chi connectivity index (χ4n) is 3.38. The molecule has 0 atom stereocenters. The van der Waals surface area contributed by atoms with E-state index in [1.165, 1.54) is 30.6 Å². The standard InChI is InChI=1S/C26H16F2N4/c27-22-12-11-19(15-20(22)21-16-29-14-13-23(21)28)26-31-24(17-7-3-1-4-8-17)30-25(32-26)18-9-5-2-6-10-18/h1-16H. The minimum Gasteiger partial charge on any atom is -0.264 e. The number of hydrogen-bond donors (Lipinski definition) is 0. The van der Waals surface area contributed by atoms with Crippen LogP contribution in [0.15, 0.2) is 97.3 Å². The Morgan fingerprint density at radius 3 is 1.59 bits per heavy atom. The Morgan fingerprint density at radius 2 is 1.03 bits per heavy atom. The van der Waals surface area contributed by atoms with Gasteiger partial charge in [0.15, 0.2) is 17.5 Å². The molecule has 6 heteroatoms. The lowest BCUT2D eigenvalue weighted by molar-refractivity contribution is 0.615. The predicted molar refractivity (Wildman–Crippen MR) is 119 cm³/mol. The van der Waals surface area contributed by atoms with Crippen molar-refractivity contribution in [2.75, 3.05) is 0 Å². The molecule has 0 saturated heterocycles. The molecular formula is C26H16F2N4. The second-order valence-corrected chi connectivity index (χ2v) is 7.09. The van der Waals surface area contributed by atoms with Crippen molar-refractivity contribution in [2.45, 2.75) is 0 Å². The van der Waals surface area contributed by atoms with E-state index in [1.54, 1.807) is 6.07 Å². The third kappa shape index (κ3) is 3.86. The van der Waals surface area contributed by atoms with E-state index in [4.69, 9.17) is 0 Å². The van der Waals surface area contributed by atoms with Crippen LogP contribution in [0.2, 0.25) is 0 Å². The molecule has 0 unspecified atom stereocenters. The average Bonchev–Trinajstić information content (AvgIpc) is 2.86. The largest absolute Gasteiger partial charge is 0.264 e. The fraction of sp³-hybridized carbons (Fsp3) is 0. The van der Waals surface area contributed by atoms with Gasteiger partial charge in [0.25, 0.3) is 0 Å². The van der Waals surface area contributed by atoms with Gasteiger partial charge in [-0.2, -0.15) is 0 Å². The molecule has 0 amide bonds. The lowest BCUT2D eigenvalue weighted by Crippen LogP contribution is -2.00. The summed E-state index contributed by atoms with van der Waals surface area (Å²) in [4.78, 5) is 17.8. The van der Waals surface area contributed by atoms with Crippen molar-refractivity contribution in [3.63, 3.8) is 0 Å². The summed E-state index contributed by atoms with van der Waals surface area (Å²) in [5.74, 6) is 0.243. The number of nitrogens with zero attached hydrogens (tertiary/aromatic N) is 4. The molecule has 4 nitrogen and oxygen atoms in total. The van der Waals surface area contributed by atoms with Gasteiger partial charge in [-0.1, -0.05) is 60.7 Å². The van der Waals surface area contributed by atoms with Crippen molar-refractivity contribution < 1.29 is 8.78 Å². The van der Waals surface area contributed by atoms with Gasteiger partial charge in [0.2, 0.25) is 0 Å². The van der Waals surface area contributed by atoms with Crippen molar-refractivity contribution >= 4 is 0 Å². The van der Waals surface area contributed by atoms with Crippen LogP contribution in [0.3, 0.4) is 0 Å². The van der Waals surface area contributed by atoms with E-state index in [0.717, 1.165) is 11.1 Å². The van der Waals surface area contributed by atoms with Gasteiger partial charge in [-0.25, -0.2) is 23.7 Å². The first-order valence-electron chi connectivity index (χ1n) is 9.96. The number of aromatic nitrogens is 4. The summed E-state index contributed by atoms with van der Waals surface area (Å²) < 4.78 is 28.9. The molecule has 3 aromatic carbocycles. The van der Waals surface area contributed by atoms with Crippen molar-refractivity contribution in [2.24, 2.45) is 0 Å². The summed E-state index contributed by atoms with van der Waals surface area (Å²) in [5.41, 5.74) is 2.37. The Labute approximate surface area is 183 Å². The van der Waals surface area contributed by atoms with Gasteiger partial charge in [0.1, 0.15) is 11.6 Å². The molecule has 5 aromatic rings. The van der Waals surface area contributed by atoms with Crippen LogP contribution < -0.4 is 0 Å². The average molecular weight is 422 g/mol. The molecule has 0 aliphatic rings. The van der Waals surface area contributed by atoms with E-state index in [-0.39, 0.29) is 11.1 Å². The topological polar surface area (TPSA) is 51.6 Å². The highest BCUT2D eigenvalue weighted by atomic mass is 19.1. The smallest absolute Gasteiger partial charge is 0.164 e. The van der Waals surface area contributed by atoms with Crippen molar-refractivity contribution in [3.05, 3.63) is 109 Å². The summed E-state index contributed by atoms with van der Waals surface area (Å²) in [5, 5.41) is 0. The summed E-state index contributed by atoms with van der Waals surface area (Å²) >= 11 is 0. The highest BCUT2D eigenvalue weighted by Crippen LogP contribution is 2.30. The van der Waals surface area contributed by atoms with Crippen LogP contribution >= 0.6 is 0 Å². The fourth-order valence-corrected chi connectivity index (χ4v) is 3.38. The van der Waals surface area contributed by atoms with Crippen LogP contribution in [-0.2, 0) is 0 Å². The maximum atomic E-state index is 14.6. The number of halogens is 2. The minimum atomic E-state index is -0.554. The Morgan fingerprint density at radius 1 is 0.500 bits per heavy atom. The van der Waals surface area contributed by atoms with Crippen LogP contribution in [-0.4, -0.2) is 19.9 Å². The van der Waals surface area contributed by atoms with Gasteiger partial charge in [0, 0.05) is 40.2 Å². The summed E-state index contributed by atoms with van der Waals surface area (Å²) in [6.07, 6.45) is 2.63. The molecule has 154 valence electrons. The molecule has 0 N–H and O–H groups in total. The highest BCUT2D eigenvalue weighted by molar-refractivity contribution is 5.72. The van der Waals surface area contributed by atoms with Gasteiger partial charge >= 0.3 is 0 Å². The third-order valence-electron chi connectivity index (χ3n) is 4.98. The molecule has 2 heterocycles. The summed E-state index contributed by atoms with van der Waals surface area (Å²) in [6, 6.07) is 24.7. The van der Waals surface area contributed by atoms with E-state index in [2.05, 4.69) is 19.9 Å². The lowest BCUT2D eigenvalue weighted by atomic mass is 10.0. The Kier molecular flexibility index (Phi) is 5.17. The molecular weight excluding hydrogens is 406 g/mol. The SMILES string of the molecule is Fc1ccncc1-c1cc(-c2nc(-c3ccccc3)nc(-c3ccccc3)n2)ccc1F. The predicted octanol–water partition coefficient (Wildman–Crippen LogP) is 6.21. The molecule has 0 aliphatic carbocycles. The first kappa shape index (κ1) is 19.6. The van der Waals surface area contributed by atoms with Crippen LogP contribution in [0, 0.1) is 11.6 Å². The van der Waals surface area contributed by atoms with Crippen LogP contribution in [0.25, 0.3) is 45.3 Å². The maximum absolute atomic E-state index is 14.6. The molecule has 0 radical (unpaired) electrons. The monoisotopic (exact) mass is 422 g/mol. The second kappa shape index (κ2) is 8.43. The Bertz CT molecular complexity index is 1330. The van der Waals surface area contributed by atoms with E-state index < -0.39 is 11.6 Å². The zero-order chi connectivity index (χ0) is 21.9. The lowest BCUT2D eigenvalue weighted by Gasteiger charge is -2.10. The van der Waals surface area contributed by atoms with Crippen LogP contribution in [0.1, 0.15) is 0 Å². The second-order valence-electron chi connectivity index (χ2n) is 7.09. The molecule has 5 rings (SSSR count). The van der Waals surface area contributed by atoms with Gasteiger partial charge < -0.3 is 0 Å². The molecule has 0 fully saturated rings. The molecule has 0 spiro atoms.